The first-order valence-corrected chi connectivity index (χ1v) is 20.1. The van der Waals surface area contributed by atoms with Gasteiger partial charge in [-0.15, -0.1) is 0 Å². The number of piperidine rings is 3. The van der Waals surface area contributed by atoms with E-state index in [-0.39, 0.29) is 40.7 Å². The maximum atomic E-state index is 12.9. The molecule has 4 fully saturated rings. The van der Waals surface area contributed by atoms with Crippen molar-refractivity contribution in [3.8, 4) is 0 Å². The standard InChI is InChI=1S/C17H23NO.C15H20FNO.C14H18FNO/c1-12(2)15-10-17(8-9-17)11-18(16(15)19)14-6-4-13(3)5-7-14;1-11(2)15(3)9-4-10-17(14(15)18)13-7-5-12(16)6-8-13;1-10(2)13-4-3-9-16(14(13)17)12-7-5-11(15)6-8-12/h4-7,12,15H,8-11H2,1-3H3;5-8,11H,4,9-10H2,1-3H3;5-8,10,13H,3-4,9H2,1-2H3. The second-order valence-electron chi connectivity index (χ2n) is 17.4. The summed E-state index contributed by atoms with van der Waals surface area (Å²) in [6, 6.07) is 20.7. The van der Waals surface area contributed by atoms with Crippen molar-refractivity contribution in [2.45, 2.75) is 100 Å². The average molecular weight is 742 g/mol. The van der Waals surface area contributed by atoms with Crippen LogP contribution in [0.4, 0.5) is 25.8 Å². The van der Waals surface area contributed by atoms with Crippen molar-refractivity contribution in [1.29, 1.82) is 0 Å². The third-order valence-corrected chi connectivity index (χ3v) is 12.5. The lowest BCUT2D eigenvalue weighted by molar-refractivity contribution is -0.132. The topological polar surface area (TPSA) is 60.9 Å². The second kappa shape index (κ2) is 17.2. The van der Waals surface area contributed by atoms with Gasteiger partial charge in [0, 0.05) is 53.9 Å². The number of rotatable bonds is 6. The molecule has 4 aliphatic rings. The summed E-state index contributed by atoms with van der Waals surface area (Å²) in [7, 11) is 0. The molecule has 7 rings (SSSR count). The molecule has 292 valence electrons. The second-order valence-corrected chi connectivity index (χ2v) is 17.4. The van der Waals surface area contributed by atoms with Gasteiger partial charge < -0.3 is 14.7 Å². The quantitative estimate of drug-likeness (QED) is 0.253. The van der Waals surface area contributed by atoms with Gasteiger partial charge in [-0.05, 0) is 136 Å². The van der Waals surface area contributed by atoms with E-state index in [1.807, 2.05) is 11.8 Å². The van der Waals surface area contributed by atoms with Gasteiger partial charge in [-0.1, -0.05) is 66.2 Å². The molecule has 0 N–H and O–H groups in total. The Morgan fingerprint density at radius 2 is 1.07 bits per heavy atom. The first-order valence-electron chi connectivity index (χ1n) is 20.1. The van der Waals surface area contributed by atoms with Crippen LogP contribution in [-0.2, 0) is 14.4 Å². The number of hydrogen-bond donors (Lipinski definition) is 0. The van der Waals surface area contributed by atoms with Gasteiger partial charge in [0.25, 0.3) is 0 Å². The Balaban J connectivity index is 0.000000156. The molecule has 3 saturated heterocycles. The van der Waals surface area contributed by atoms with Crippen LogP contribution in [0.25, 0.3) is 0 Å². The Hall–Kier alpha value is -4.07. The molecule has 3 aliphatic heterocycles. The van der Waals surface area contributed by atoms with E-state index in [0.717, 1.165) is 68.8 Å². The predicted molar refractivity (Wildman–Crippen MR) is 215 cm³/mol. The van der Waals surface area contributed by atoms with E-state index < -0.39 is 0 Å². The zero-order valence-electron chi connectivity index (χ0n) is 33.7. The third kappa shape index (κ3) is 9.41. The Labute approximate surface area is 322 Å². The molecule has 6 nitrogen and oxygen atoms in total. The van der Waals surface area contributed by atoms with E-state index in [4.69, 9.17) is 0 Å². The van der Waals surface area contributed by atoms with Crippen LogP contribution < -0.4 is 14.7 Å². The number of halogens is 2. The molecule has 3 aromatic carbocycles. The van der Waals surface area contributed by atoms with Crippen molar-refractivity contribution >= 4 is 34.8 Å². The first kappa shape index (κ1) is 41.1. The fourth-order valence-corrected chi connectivity index (χ4v) is 8.16. The van der Waals surface area contributed by atoms with Gasteiger partial charge in [0.15, 0.2) is 0 Å². The highest BCUT2D eigenvalue weighted by Gasteiger charge is 2.52. The molecule has 1 spiro atoms. The van der Waals surface area contributed by atoms with Crippen LogP contribution in [0.2, 0.25) is 0 Å². The number of carbonyl (C=O) groups excluding carboxylic acids is 3. The SMILES string of the molecule is CC(C)C1(C)CCCN(c2ccc(F)cc2)C1=O.CC(C)C1CCCN(c2ccc(F)cc2)C1=O.Cc1ccc(N2CC3(CC3)CC(C(C)C)C2=O)cc1. The fourth-order valence-electron chi connectivity index (χ4n) is 8.16. The number of benzene rings is 3. The Bertz CT molecular complexity index is 1730. The van der Waals surface area contributed by atoms with E-state index in [9.17, 15) is 23.2 Å². The van der Waals surface area contributed by atoms with Crippen molar-refractivity contribution in [1.82, 2.24) is 0 Å². The smallest absolute Gasteiger partial charge is 0.233 e. The maximum Gasteiger partial charge on any atom is 0.233 e. The molecule has 3 aromatic rings. The Morgan fingerprint density at radius 1 is 0.611 bits per heavy atom. The predicted octanol–water partition coefficient (Wildman–Crippen LogP) is 10.6. The van der Waals surface area contributed by atoms with E-state index in [1.54, 1.807) is 34.1 Å². The summed E-state index contributed by atoms with van der Waals surface area (Å²) in [5.74, 6) is 1.57. The lowest BCUT2D eigenvalue weighted by Gasteiger charge is -2.42. The van der Waals surface area contributed by atoms with Crippen LogP contribution >= 0.6 is 0 Å². The van der Waals surface area contributed by atoms with Crippen LogP contribution in [0.5, 0.6) is 0 Å². The highest BCUT2D eigenvalue weighted by Crippen LogP contribution is 2.55. The van der Waals surface area contributed by atoms with Crippen LogP contribution in [-0.4, -0.2) is 37.4 Å². The van der Waals surface area contributed by atoms with E-state index >= 15 is 0 Å². The minimum Gasteiger partial charge on any atom is -0.312 e. The van der Waals surface area contributed by atoms with Crippen LogP contribution in [0.1, 0.15) is 99.0 Å². The molecule has 3 atom stereocenters. The van der Waals surface area contributed by atoms with Gasteiger partial charge in [0.05, 0.1) is 0 Å². The summed E-state index contributed by atoms with van der Waals surface area (Å²) in [5, 5.41) is 0. The molecule has 3 amide bonds. The van der Waals surface area contributed by atoms with E-state index in [2.05, 4.69) is 72.7 Å². The molecular weight excluding hydrogens is 681 g/mol. The van der Waals surface area contributed by atoms with Gasteiger partial charge in [0.1, 0.15) is 11.6 Å². The maximum absolute atomic E-state index is 12.9. The highest BCUT2D eigenvalue weighted by atomic mass is 19.1. The minimum absolute atomic E-state index is 0.105. The molecule has 0 aromatic heterocycles. The number of amides is 3. The van der Waals surface area contributed by atoms with E-state index in [0.29, 0.717) is 29.1 Å². The molecule has 1 saturated carbocycles. The van der Waals surface area contributed by atoms with Crippen molar-refractivity contribution < 1.29 is 23.2 Å². The molecule has 54 heavy (non-hydrogen) atoms. The number of aryl methyl sites for hydroxylation is 1. The van der Waals surface area contributed by atoms with Gasteiger partial charge in [0.2, 0.25) is 17.7 Å². The molecule has 3 heterocycles. The molecule has 8 heteroatoms. The summed E-state index contributed by atoms with van der Waals surface area (Å²) >= 11 is 0. The Morgan fingerprint density at radius 3 is 1.57 bits per heavy atom. The Kier molecular flexibility index (Phi) is 13.1. The summed E-state index contributed by atoms with van der Waals surface area (Å²) in [4.78, 5) is 43.2. The monoisotopic (exact) mass is 741 g/mol. The van der Waals surface area contributed by atoms with Gasteiger partial charge >= 0.3 is 0 Å². The van der Waals surface area contributed by atoms with Crippen LogP contribution in [0.15, 0.2) is 72.8 Å². The minimum atomic E-state index is -0.299. The van der Waals surface area contributed by atoms with E-state index in [1.165, 1.54) is 42.7 Å². The van der Waals surface area contributed by atoms with Crippen LogP contribution in [0.3, 0.4) is 0 Å². The summed E-state index contributed by atoms with van der Waals surface area (Å²) in [6.45, 7) is 19.2. The first-order chi connectivity index (χ1) is 25.5. The zero-order valence-corrected chi connectivity index (χ0v) is 33.7. The number of anilines is 3. The molecule has 1 aliphatic carbocycles. The van der Waals surface area contributed by atoms with Gasteiger partial charge in [-0.25, -0.2) is 8.78 Å². The number of carbonyl (C=O) groups is 3. The average Bonchev–Trinajstić information content (AvgIpc) is 3.90. The largest absolute Gasteiger partial charge is 0.312 e. The molecule has 0 bridgehead atoms. The third-order valence-electron chi connectivity index (χ3n) is 12.5. The van der Waals surface area contributed by atoms with Gasteiger partial charge in [-0.3, -0.25) is 14.4 Å². The molecular formula is C46H61F2N3O3. The normalized spacial score (nSPS) is 23.7. The molecule has 3 unspecified atom stereocenters. The molecule has 0 radical (unpaired) electrons. The van der Waals surface area contributed by atoms with Crippen LogP contribution in [0, 0.1) is 59.0 Å². The highest BCUT2D eigenvalue weighted by molar-refractivity contribution is 5.98. The van der Waals surface area contributed by atoms with Crippen molar-refractivity contribution in [3.63, 3.8) is 0 Å². The summed E-state index contributed by atoms with van der Waals surface area (Å²) in [6.07, 6.45) is 7.61. The fraction of sp³-hybridized carbons (Fsp3) is 0.543. The van der Waals surface area contributed by atoms with Crippen molar-refractivity contribution in [3.05, 3.63) is 90.0 Å². The van der Waals surface area contributed by atoms with Crippen molar-refractivity contribution in [2.24, 2.45) is 40.4 Å². The lowest BCUT2D eigenvalue weighted by Crippen LogP contribution is -2.49. The lowest BCUT2D eigenvalue weighted by atomic mass is 9.72. The van der Waals surface area contributed by atoms with Crippen molar-refractivity contribution in [2.75, 3.05) is 34.3 Å². The number of hydrogen-bond acceptors (Lipinski definition) is 3. The van der Waals surface area contributed by atoms with Gasteiger partial charge in [-0.2, -0.15) is 0 Å². The summed E-state index contributed by atoms with van der Waals surface area (Å²) < 4.78 is 25.8. The zero-order chi connectivity index (χ0) is 39.4. The summed E-state index contributed by atoms with van der Waals surface area (Å²) in [5.41, 5.74) is 4.07. The number of nitrogens with zero attached hydrogens (tertiary/aromatic N) is 3.